The van der Waals surface area contributed by atoms with Crippen LogP contribution in [0.15, 0.2) is 24.3 Å². The van der Waals surface area contributed by atoms with Gasteiger partial charge in [-0.15, -0.1) is 5.10 Å². The topological polar surface area (TPSA) is 96.8 Å². The van der Waals surface area contributed by atoms with Gasteiger partial charge in [0.1, 0.15) is 0 Å². The number of aryl methyl sites for hydroxylation is 1. The van der Waals surface area contributed by atoms with E-state index in [0.717, 1.165) is 59.5 Å². The van der Waals surface area contributed by atoms with Gasteiger partial charge in [0.05, 0.1) is 16.4 Å². The van der Waals surface area contributed by atoms with Gasteiger partial charge >= 0.3 is 0 Å². The summed E-state index contributed by atoms with van der Waals surface area (Å²) in [5, 5.41) is 13.5. The molecule has 9 heteroatoms. The third kappa shape index (κ3) is 3.99. The van der Waals surface area contributed by atoms with Crippen LogP contribution in [0.4, 0.5) is 5.13 Å². The number of carbonyl (C=O) groups is 1. The van der Waals surface area contributed by atoms with E-state index in [1.807, 2.05) is 35.7 Å². The molecule has 0 atom stereocenters. The Morgan fingerprint density at radius 2 is 2.00 bits per heavy atom. The largest absolute Gasteiger partial charge is 0.483 e. The molecule has 0 spiro atoms. The van der Waals surface area contributed by atoms with Crippen molar-refractivity contribution in [1.29, 1.82) is 0 Å². The first-order valence-electron chi connectivity index (χ1n) is 9.06. The molecule has 0 unspecified atom stereocenters. The molecule has 1 aliphatic heterocycles. The molecule has 3 N–H and O–H groups in total. The van der Waals surface area contributed by atoms with Crippen molar-refractivity contribution in [3.05, 3.63) is 35.0 Å². The third-order valence-electron chi connectivity index (χ3n) is 5.28. The molecular formula is C19H24ClN5O2S. The van der Waals surface area contributed by atoms with Crippen LogP contribution in [0.1, 0.15) is 25.5 Å². The quantitative estimate of drug-likeness (QED) is 0.626. The molecule has 0 radical (unpaired) electrons. The average Bonchev–Trinajstić information content (AvgIpc) is 3.23. The van der Waals surface area contributed by atoms with Crippen molar-refractivity contribution in [2.24, 2.45) is 11.1 Å². The van der Waals surface area contributed by atoms with Crippen LogP contribution in [0.25, 0.3) is 16.2 Å². The first kappa shape index (κ1) is 20.6. The number of nitrogens with two attached hydrogens (primary N) is 1. The van der Waals surface area contributed by atoms with Gasteiger partial charge in [0.25, 0.3) is 6.47 Å². The first-order chi connectivity index (χ1) is 13.4. The summed E-state index contributed by atoms with van der Waals surface area (Å²) in [7, 11) is 0. The molecule has 0 aliphatic carbocycles. The summed E-state index contributed by atoms with van der Waals surface area (Å²) in [5.74, 6) is 0. The number of anilines is 1. The van der Waals surface area contributed by atoms with Crippen molar-refractivity contribution in [3.63, 3.8) is 0 Å². The molecule has 4 rings (SSSR count). The second kappa shape index (κ2) is 8.46. The fourth-order valence-corrected chi connectivity index (χ4v) is 4.54. The number of rotatable bonds is 3. The van der Waals surface area contributed by atoms with Crippen molar-refractivity contribution in [2.75, 3.05) is 24.5 Å². The van der Waals surface area contributed by atoms with E-state index in [2.05, 4.69) is 11.8 Å². The number of nitrogens with zero attached hydrogens (tertiary/aromatic N) is 4. The van der Waals surface area contributed by atoms with Crippen LogP contribution in [-0.4, -0.2) is 45.8 Å². The summed E-state index contributed by atoms with van der Waals surface area (Å²) < 4.78 is 1.94. The minimum Gasteiger partial charge on any atom is -0.483 e. The van der Waals surface area contributed by atoms with E-state index in [9.17, 15) is 0 Å². The van der Waals surface area contributed by atoms with Gasteiger partial charge in [0.15, 0.2) is 0 Å². The van der Waals surface area contributed by atoms with Crippen LogP contribution in [0, 0.1) is 12.3 Å². The van der Waals surface area contributed by atoms with Crippen LogP contribution in [0.3, 0.4) is 0 Å². The molecule has 1 saturated heterocycles. The molecule has 3 aromatic rings. The minimum absolute atomic E-state index is 0.250. The molecule has 0 amide bonds. The zero-order chi connectivity index (χ0) is 20.3. The lowest BCUT2D eigenvalue weighted by Gasteiger charge is -2.38. The van der Waals surface area contributed by atoms with E-state index in [0.29, 0.717) is 5.02 Å². The maximum atomic E-state index is 8.36. The molecule has 1 aliphatic rings. The molecule has 2 aromatic heterocycles. The SMILES string of the molecule is Cc1c(-c2ccccc2Cl)nc2sc(N3CCC(C)(CN)CC3)nn12.O=CO. The number of aromatic nitrogens is 3. The number of benzene rings is 1. The van der Waals surface area contributed by atoms with Gasteiger partial charge in [-0.3, -0.25) is 4.79 Å². The Morgan fingerprint density at radius 3 is 2.57 bits per heavy atom. The second-order valence-corrected chi connectivity index (χ2v) is 8.55. The second-order valence-electron chi connectivity index (χ2n) is 7.21. The van der Waals surface area contributed by atoms with Crippen molar-refractivity contribution < 1.29 is 9.90 Å². The molecule has 1 fully saturated rings. The third-order valence-corrected chi connectivity index (χ3v) is 6.58. The molecule has 7 nitrogen and oxygen atoms in total. The summed E-state index contributed by atoms with van der Waals surface area (Å²) in [5.41, 5.74) is 9.07. The highest BCUT2D eigenvalue weighted by Gasteiger charge is 2.30. The molecule has 3 heterocycles. The molecule has 28 heavy (non-hydrogen) atoms. The van der Waals surface area contributed by atoms with E-state index < -0.39 is 0 Å². The smallest absolute Gasteiger partial charge is 0.290 e. The number of fused-ring (bicyclic) bond motifs is 1. The number of hydrogen-bond acceptors (Lipinski definition) is 6. The lowest BCUT2D eigenvalue weighted by atomic mass is 9.81. The van der Waals surface area contributed by atoms with E-state index >= 15 is 0 Å². The van der Waals surface area contributed by atoms with Gasteiger partial charge in [0.2, 0.25) is 10.1 Å². The number of halogens is 1. The van der Waals surface area contributed by atoms with Gasteiger partial charge in [0, 0.05) is 18.7 Å². The van der Waals surface area contributed by atoms with Crippen molar-refractivity contribution in [3.8, 4) is 11.3 Å². The Morgan fingerprint density at radius 1 is 1.36 bits per heavy atom. The normalized spacial score (nSPS) is 15.9. The molecule has 0 bridgehead atoms. The highest BCUT2D eigenvalue weighted by Crippen LogP contribution is 2.36. The fourth-order valence-electron chi connectivity index (χ4n) is 3.32. The van der Waals surface area contributed by atoms with E-state index in [1.54, 1.807) is 11.3 Å². The first-order valence-corrected chi connectivity index (χ1v) is 10.3. The summed E-state index contributed by atoms with van der Waals surface area (Å²) >= 11 is 7.97. The molecular weight excluding hydrogens is 398 g/mol. The van der Waals surface area contributed by atoms with Crippen LogP contribution in [0.2, 0.25) is 5.02 Å². The van der Waals surface area contributed by atoms with Crippen LogP contribution in [-0.2, 0) is 4.79 Å². The van der Waals surface area contributed by atoms with Gasteiger partial charge in [-0.25, -0.2) is 9.50 Å². The van der Waals surface area contributed by atoms with Crippen LogP contribution in [0.5, 0.6) is 0 Å². The van der Waals surface area contributed by atoms with Gasteiger partial charge < -0.3 is 15.7 Å². The Kier molecular flexibility index (Phi) is 6.22. The standard InChI is InChI=1S/C18H22ClN5S.CH2O2/c1-12-15(13-5-3-4-6-14(13)19)21-16-24(12)22-17(25-16)23-9-7-18(2,11-20)8-10-23;2-1-3/h3-6H,7-11,20H2,1-2H3;1H,(H,2,3). The molecule has 150 valence electrons. The van der Waals surface area contributed by atoms with Gasteiger partial charge in [-0.2, -0.15) is 0 Å². The Hall–Kier alpha value is -2.16. The summed E-state index contributed by atoms with van der Waals surface area (Å²) in [6, 6.07) is 7.81. The zero-order valence-electron chi connectivity index (χ0n) is 15.9. The van der Waals surface area contributed by atoms with Crippen molar-refractivity contribution >= 4 is 39.5 Å². The van der Waals surface area contributed by atoms with Crippen molar-refractivity contribution in [1.82, 2.24) is 14.6 Å². The maximum Gasteiger partial charge on any atom is 0.290 e. The number of hydrogen-bond donors (Lipinski definition) is 2. The highest BCUT2D eigenvalue weighted by molar-refractivity contribution is 7.20. The monoisotopic (exact) mass is 421 g/mol. The van der Waals surface area contributed by atoms with E-state index in [4.69, 9.17) is 37.3 Å². The van der Waals surface area contributed by atoms with E-state index in [-0.39, 0.29) is 11.9 Å². The van der Waals surface area contributed by atoms with Crippen LogP contribution >= 0.6 is 22.9 Å². The zero-order valence-corrected chi connectivity index (χ0v) is 17.5. The van der Waals surface area contributed by atoms with Gasteiger partial charge in [-0.05, 0) is 37.8 Å². The Balaban J connectivity index is 0.000000706. The van der Waals surface area contributed by atoms with Crippen molar-refractivity contribution in [2.45, 2.75) is 26.7 Å². The van der Waals surface area contributed by atoms with Crippen LogP contribution < -0.4 is 10.6 Å². The highest BCUT2D eigenvalue weighted by atomic mass is 35.5. The molecule has 1 aromatic carbocycles. The maximum absolute atomic E-state index is 8.36. The summed E-state index contributed by atoms with van der Waals surface area (Å²) in [6.07, 6.45) is 2.21. The number of carboxylic acid groups (broad SMARTS) is 1. The van der Waals surface area contributed by atoms with E-state index in [1.165, 1.54) is 0 Å². The summed E-state index contributed by atoms with van der Waals surface area (Å²) in [6.45, 7) is 6.83. The average molecular weight is 422 g/mol. The molecule has 0 saturated carbocycles. The lowest BCUT2D eigenvalue weighted by Crippen LogP contribution is -2.42. The van der Waals surface area contributed by atoms with Gasteiger partial charge in [-0.1, -0.05) is 48.1 Å². The summed E-state index contributed by atoms with van der Waals surface area (Å²) in [4.78, 5) is 16.4. The predicted octanol–water partition coefficient (Wildman–Crippen LogP) is 3.69. The lowest BCUT2D eigenvalue weighted by molar-refractivity contribution is -0.122. The number of imidazole rings is 1. The predicted molar refractivity (Wildman–Crippen MR) is 113 cm³/mol. The Labute approximate surface area is 172 Å². The Bertz CT molecular complexity index is 963. The minimum atomic E-state index is -0.250. The number of piperidine rings is 1. The fraction of sp³-hybridized carbons (Fsp3) is 0.421.